The van der Waals surface area contributed by atoms with Crippen LogP contribution in [0, 0.1) is 0 Å². The van der Waals surface area contributed by atoms with Gasteiger partial charge in [0.05, 0.1) is 13.2 Å². The molecule has 0 aliphatic carbocycles. The van der Waals surface area contributed by atoms with Crippen LogP contribution in [0.2, 0.25) is 0 Å². The molecule has 0 radical (unpaired) electrons. The van der Waals surface area contributed by atoms with Gasteiger partial charge in [0.1, 0.15) is 0 Å². The molecule has 134 valence electrons. The average Bonchev–Trinajstić information content (AvgIpc) is 3.20. The fourth-order valence-electron chi connectivity index (χ4n) is 3.55. The van der Waals surface area contributed by atoms with Crippen LogP contribution in [0.15, 0.2) is 48.5 Å². The Morgan fingerprint density at radius 2 is 1.69 bits per heavy atom. The molecule has 1 aromatic heterocycles. The van der Waals surface area contributed by atoms with Gasteiger partial charge in [0.2, 0.25) is 5.82 Å². The van der Waals surface area contributed by atoms with E-state index in [2.05, 4.69) is 69.7 Å². The van der Waals surface area contributed by atoms with Crippen LogP contribution in [0.5, 0.6) is 0 Å². The molecule has 0 amide bonds. The van der Waals surface area contributed by atoms with E-state index in [9.17, 15) is 0 Å². The molecule has 6 nitrogen and oxygen atoms in total. The molecule has 1 fully saturated rings. The lowest BCUT2D eigenvalue weighted by molar-refractivity contribution is -0.0409. The van der Waals surface area contributed by atoms with E-state index in [1.165, 1.54) is 5.56 Å². The number of rotatable bonds is 4. The molecule has 1 saturated heterocycles. The first-order valence-corrected chi connectivity index (χ1v) is 8.98. The van der Waals surface area contributed by atoms with Crippen molar-refractivity contribution in [3.8, 4) is 22.5 Å². The van der Waals surface area contributed by atoms with Crippen LogP contribution in [0.4, 0.5) is 0 Å². The van der Waals surface area contributed by atoms with Crippen LogP contribution in [-0.4, -0.2) is 50.8 Å². The molecule has 3 aromatic rings. The van der Waals surface area contributed by atoms with Crippen LogP contribution >= 0.6 is 0 Å². The minimum Gasteiger partial charge on any atom is -0.378 e. The number of benzene rings is 2. The Kier molecular flexibility index (Phi) is 4.77. The first-order chi connectivity index (χ1) is 12.7. The summed E-state index contributed by atoms with van der Waals surface area (Å²) in [7, 11) is 0. The number of aromatic nitrogens is 4. The molecule has 2 heterocycles. The Labute approximate surface area is 153 Å². The van der Waals surface area contributed by atoms with Gasteiger partial charge in [-0.15, -0.1) is 10.2 Å². The predicted molar refractivity (Wildman–Crippen MR) is 100 cm³/mol. The van der Waals surface area contributed by atoms with E-state index in [4.69, 9.17) is 4.74 Å². The maximum Gasteiger partial charge on any atom is 0.205 e. The fourth-order valence-corrected chi connectivity index (χ4v) is 3.55. The summed E-state index contributed by atoms with van der Waals surface area (Å²) < 4.78 is 5.63. The summed E-state index contributed by atoms with van der Waals surface area (Å²) in [5.41, 5.74) is 4.54. The number of nitrogens with zero attached hydrogens (tertiary/aromatic N) is 4. The largest absolute Gasteiger partial charge is 0.378 e. The smallest absolute Gasteiger partial charge is 0.205 e. The van der Waals surface area contributed by atoms with E-state index < -0.39 is 0 Å². The van der Waals surface area contributed by atoms with E-state index in [1.807, 2.05) is 18.2 Å². The van der Waals surface area contributed by atoms with Crippen LogP contribution in [0.25, 0.3) is 22.5 Å². The lowest BCUT2D eigenvalue weighted by Crippen LogP contribution is -2.48. The highest BCUT2D eigenvalue weighted by Crippen LogP contribution is 2.30. The Morgan fingerprint density at radius 1 is 1.00 bits per heavy atom. The van der Waals surface area contributed by atoms with E-state index in [-0.39, 0.29) is 0 Å². The van der Waals surface area contributed by atoms with Gasteiger partial charge in [-0.05, 0) is 35.8 Å². The zero-order valence-electron chi connectivity index (χ0n) is 15.1. The van der Waals surface area contributed by atoms with Gasteiger partial charge in [0.15, 0.2) is 0 Å². The molecule has 0 spiro atoms. The maximum atomic E-state index is 5.63. The molecular weight excluding hydrogens is 326 g/mol. The van der Waals surface area contributed by atoms with Crippen LogP contribution in [0.1, 0.15) is 19.4 Å². The number of nitrogens with one attached hydrogen (secondary N) is 1. The van der Waals surface area contributed by atoms with Gasteiger partial charge in [0.25, 0.3) is 0 Å². The monoisotopic (exact) mass is 349 g/mol. The minimum absolute atomic E-state index is 0.442. The number of hydrogen-bond acceptors (Lipinski definition) is 5. The molecule has 6 heteroatoms. The highest BCUT2D eigenvalue weighted by Gasteiger charge is 2.25. The van der Waals surface area contributed by atoms with E-state index in [0.29, 0.717) is 17.9 Å². The highest BCUT2D eigenvalue weighted by atomic mass is 16.5. The van der Waals surface area contributed by atoms with E-state index >= 15 is 0 Å². The van der Waals surface area contributed by atoms with Crippen LogP contribution < -0.4 is 0 Å². The summed E-state index contributed by atoms with van der Waals surface area (Å²) in [4.78, 5) is 2.51. The maximum absolute atomic E-state index is 5.63. The Morgan fingerprint density at radius 3 is 2.35 bits per heavy atom. The van der Waals surface area contributed by atoms with Gasteiger partial charge < -0.3 is 4.74 Å². The Bertz CT molecular complexity index is 837. The Hall–Kier alpha value is -2.57. The molecule has 2 aromatic carbocycles. The van der Waals surface area contributed by atoms with Crippen molar-refractivity contribution in [1.29, 1.82) is 0 Å². The molecular formula is C20H23N5O. The highest BCUT2D eigenvalue weighted by molar-refractivity contribution is 5.80. The standard InChI is InChI=1S/C20H23N5O/c1-14-12-26-13-15(2)25(14)11-16-7-9-17(10-8-16)18-5-3-4-6-19(18)20-21-23-24-22-20/h3-10,14-15H,11-13H2,1-2H3,(H,21,22,23,24)/t14-,15+. The zero-order valence-corrected chi connectivity index (χ0v) is 15.1. The molecule has 1 N–H and O–H groups in total. The summed E-state index contributed by atoms with van der Waals surface area (Å²) in [6, 6.07) is 17.8. The lowest BCUT2D eigenvalue weighted by atomic mass is 9.98. The number of ether oxygens (including phenoxy) is 1. The van der Waals surface area contributed by atoms with Gasteiger partial charge in [0, 0.05) is 24.2 Å². The predicted octanol–water partition coefficient (Wildman–Crippen LogP) is 3.14. The van der Waals surface area contributed by atoms with Crippen molar-refractivity contribution in [3.05, 3.63) is 54.1 Å². The second-order valence-corrected chi connectivity index (χ2v) is 6.89. The molecule has 2 atom stereocenters. The molecule has 1 aliphatic rings. The quantitative estimate of drug-likeness (QED) is 0.784. The lowest BCUT2D eigenvalue weighted by Gasteiger charge is -2.38. The third-order valence-corrected chi connectivity index (χ3v) is 4.99. The molecule has 26 heavy (non-hydrogen) atoms. The first kappa shape index (κ1) is 16.9. The molecule has 4 rings (SSSR count). The molecule has 1 aliphatic heterocycles. The Balaban J connectivity index is 1.57. The van der Waals surface area contributed by atoms with Crippen molar-refractivity contribution < 1.29 is 4.74 Å². The molecule has 0 saturated carbocycles. The van der Waals surface area contributed by atoms with Gasteiger partial charge in [-0.1, -0.05) is 48.5 Å². The number of tetrazole rings is 1. The fraction of sp³-hybridized carbons (Fsp3) is 0.350. The van der Waals surface area contributed by atoms with Crippen LogP contribution in [-0.2, 0) is 11.3 Å². The summed E-state index contributed by atoms with van der Waals surface area (Å²) in [5.74, 6) is 0.612. The van der Waals surface area contributed by atoms with Gasteiger partial charge >= 0.3 is 0 Å². The van der Waals surface area contributed by atoms with Crippen molar-refractivity contribution in [2.24, 2.45) is 0 Å². The number of H-pyrrole nitrogens is 1. The number of morpholine rings is 1. The van der Waals surface area contributed by atoms with Gasteiger partial charge in [-0.25, -0.2) is 0 Å². The van der Waals surface area contributed by atoms with E-state index in [0.717, 1.165) is 36.4 Å². The zero-order chi connectivity index (χ0) is 17.9. The third kappa shape index (κ3) is 3.38. The second kappa shape index (κ2) is 7.35. The summed E-state index contributed by atoms with van der Waals surface area (Å²) in [5, 5.41) is 14.4. The van der Waals surface area contributed by atoms with Crippen LogP contribution in [0.3, 0.4) is 0 Å². The number of aromatic amines is 1. The normalized spacial score (nSPS) is 21.0. The second-order valence-electron chi connectivity index (χ2n) is 6.89. The van der Waals surface area contributed by atoms with Gasteiger partial charge in [-0.3, -0.25) is 4.90 Å². The number of hydrogen-bond donors (Lipinski definition) is 1. The summed E-state index contributed by atoms with van der Waals surface area (Å²) in [6.07, 6.45) is 0. The van der Waals surface area contributed by atoms with Crippen molar-refractivity contribution in [2.75, 3.05) is 13.2 Å². The van der Waals surface area contributed by atoms with Crippen molar-refractivity contribution in [2.45, 2.75) is 32.5 Å². The topological polar surface area (TPSA) is 66.9 Å². The molecule has 0 unspecified atom stereocenters. The van der Waals surface area contributed by atoms with Crippen molar-refractivity contribution in [3.63, 3.8) is 0 Å². The van der Waals surface area contributed by atoms with Crippen molar-refractivity contribution >= 4 is 0 Å². The first-order valence-electron chi connectivity index (χ1n) is 8.98. The summed E-state index contributed by atoms with van der Waals surface area (Å²) in [6.45, 7) is 7.01. The SMILES string of the molecule is C[C@@H]1COC[C@H](C)N1Cc1ccc(-c2ccccc2-c2nn[nH]n2)cc1. The minimum atomic E-state index is 0.442. The van der Waals surface area contributed by atoms with E-state index in [1.54, 1.807) is 0 Å². The third-order valence-electron chi connectivity index (χ3n) is 4.99. The van der Waals surface area contributed by atoms with Gasteiger partial charge in [-0.2, -0.15) is 5.21 Å². The van der Waals surface area contributed by atoms with Crippen molar-refractivity contribution in [1.82, 2.24) is 25.5 Å². The average molecular weight is 349 g/mol. The summed E-state index contributed by atoms with van der Waals surface area (Å²) >= 11 is 0. The molecule has 0 bridgehead atoms.